The van der Waals surface area contributed by atoms with Gasteiger partial charge >= 0.3 is 0 Å². The molecule has 6 aromatic rings. The van der Waals surface area contributed by atoms with E-state index < -0.39 is 0 Å². The van der Waals surface area contributed by atoms with Crippen molar-refractivity contribution in [2.75, 3.05) is 21.7 Å². The van der Waals surface area contributed by atoms with Gasteiger partial charge in [0.05, 0.1) is 18.1 Å². The third kappa shape index (κ3) is 5.81. The van der Waals surface area contributed by atoms with Crippen molar-refractivity contribution in [1.29, 1.82) is 0 Å². The van der Waals surface area contributed by atoms with E-state index in [1.165, 1.54) is 27.8 Å². The molecule has 3 unspecified atom stereocenters. The van der Waals surface area contributed by atoms with Gasteiger partial charge in [0, 0.05) is 22.7 Å². The van der Waals surface area contributed by atoms with Gasteiger partial charge in [-0.3, -0.25) is 0 Å². The molecule has 4 nitrogen and oxygen atoms in total. The molecule has 43 heavy (non-hydrogen) atoms. The van der Waals surface area contributed by atoms with Crippen molar-refractivity contribution in [3.05, 3.63) is 191 Å². The van der Waals surface area contributed by atoms with Crippen LogP contribution in [0.25, 0.3) is 0 Å². The molecule has 210 valence electrons. The van der Waals surface area contributed by atoms with Crippen molar-refractivity contribution in [2.24, 2.45) is 0 Å². The van der Waals surface area contributed by atoms with Crippen molar-refractivity contribution in [3.63, 3.8) is 0 Å². The normalized spacial score (nSPS) is 17.7. The largest absolute Gasteiger partial charge is 0.399 e. The van der Waals surface area contributed by atoms with Gasteiger partial charge in [-0.1, -0.05) is 109 Å². The van der Waals surface area contributed by atoms with Crippen LogP contribution in [0.3, 0.4) is 0 Å². The molecule has 0 aliphatic carbocycles. The smallest absolute Gasteiger partial charge is 0.0767 e. The maximum atomic E-state index is 6.05. The number of nitrogen functional groups attached to an aromatic ring is 1. The van der Waals surface area contributed by atoms with Gasteiger partial charge < -0.3 is 21.7 Å². The van der Waals surface area contributed by atoms with Crippen molar-refractivity contribution in [3.8, 4) is 0 Å². The fraction of sp³-hybridized carbons (Fsp3) is 0.0769. The van der Waals surface area contributed by atoms with Crippen LogP contribution < -0.4 is 21.7 Å². The molecule has 6 bridgehead atoms. The summed E-state index contributed by atoms with van der Waals surface area (Å²) in [6, 6.07) is 55.6. The molecule has 4 aliphatic heterocycles. The lowest BCUT2D eigenvalue weighted by atomic mass is 9.95. The number of anilines is 4. The number of fused-ring (bicyclic) bond motifs is 3. The minimum absolute atomic E-state index is 0.00253. The summed E-state index contributed by atoms with van der Waals surface area (Å²) >= 11 is 0. The molecule has 0 fully saturated rings. The Morgan fingerprint density at radius 3 is 0.860 bits per heavy atom. The minimum atomic E-state index is -0.0424. The first-order valence-corrected chi connectivity index (χ1v) is 14.7. The zero-order chi connectivity index (χ0) is 29.0. The summed E-state index contributed by atoms with van der Waals surface area (Å²) in [6.45, 7) is 0. The maximum absolute atomic E-state index is 6.05. The molecule has 6 aromatic carbocycles. The molecule has 4 heterocycles. The molecule has 0 aromatic heterocycles. The van der Waals surface area contributed by atoms with Gasteiger partial charge in [0.15, 0.2) is 0 Å². The number of rotatable bonds is 3. The summed E-state index contributed by atoms with van der Waals surface area (Å²) in [5.74, 6) is 0. The van der Waals surface area contributed by atoms with E-state index in [-0.39, 0.29) is 18.1 Å². The highest BCUT2D eigenvalue weighted by atomic mass is 14.9. The van der Waals surface area contributed by atoms with Crippen LogP contribution in [0.1, 0.15) is 51.5 Å². The number of benzene rings is 6. The van der Waals surface area contributed by atoms with E-state index in [1.807, 2.05) is 12.1 Å². The summed E-state index contributed by atoms with van der Waals surface area (Å²) in [5, 5.41) is 11.4. The Kier molecular flexibility index (Phi) is 7.24. The van der Waals surface area contributed by atoms with Crippen LogP contribution in [-0.4, -0.2) is 0 Å². The lowest BCUT2D eigenvalue weighted by molar-refractivity contribution is 0.917. The second-order valence-electron chi connectivity index (χ2n) is 11.1. The molecule has 0 spiro atoms. The van der Waals surface area contributed by atoms with Crippen LogP contribution >= 0.6 is 0 Å². The zero-order valence-corrected chi connectivity index (χ0v) is 23.8. The van der Waals surface area contributed by atoms with Gasteiger partial charge in [0.2, 0.25) is 0 Å². The van der Waals surface area contributed by atoms with E-state index in [9.17, 15) is 0 Å². The second kappa shape index (κ2) is 11.8. The molecule has 0 amide bonds. The van der Waals surface area contributed by atoms with Crippen molar-refractivity contribution in [2.45, 2.75) is 18.1 Å². The molecule has 0 radical (unpaired) electrons. The maximum Gasteiger partial charge on any atom is 0.0767 e. The third-order valence-corrected chi connectivity index (χ3v) is 8.20. The highest BCUT2D eigenvalue weighted by Crippen LogP contribution is 2.34. The van der Waals surface area contributed by atoms with E-state index in [1.54, 1.807) is 0 Å². The van der Waals surface area contributed by atoms with Gasteiger partial charge in [-0.15, -0.1) is 0 Å². The van der Waals surface area contributed by atoms with E-state index >= 15 is 0 Å². The fourth-order valence-electron chi connectivity index (χ4n) is 5.87. The Labute approximate surface area is 253 Å². The van der Waals surface area contributed by atoms with Crippen LogP contribution in [0.15, 0.2) is 158 Å². The standard InChI is InChI=1S/C39H34N4/c40-33-19-11-29(12-20-33)39-32-17-25-35(26-18-32)42-37(27-7-3-1-4-8-27)30-13-21-34(22-14-30)41-38(28-9-5-2-6-10-28)31-15-23-36(43-39)24-16-31/h1-26,37-39,41-43H,40H2. The van der Waals surface area contributed by atoms with Crippen LogP contribution in [0.4, 0.5) is 22.7 Å². The van der Waals surface area contributed by atoms with Crippen LogP contribution in [0, 0.1) is 0 Å². The number of nitrogens with two attached hydrogens (primary N) is 1. The molecular weight excluding hydrogens is 524 g/mol. The fourth-order valence-corrected chi connectivity index (χ4v) is 5.87. The lowest BCUT2D eigenvalue weighted by Gasteiger charge is -2.26. The number of hydrogen-bond acceptors (Lipinski definition) is 4. The second-order valence-corrected chi connectivity index (χ2v) is 11.1. The SMILES string of the molecule is Nc1ccc(C2Nc3ccc(cc3)C(c3ccccc3)Nc3ccc(cc3)C(c3ccccc3)Nc3ccc2cc3)cc1. The average molecular weight is 559 g/mol. The first-order valence-electron chi connectivity index (χ1n) is 14.7. The van der Waals surface area contributed by atoms with Crippen LogP contribution in [-0.2, 0) is 0 Å². The molecule has 4 aliphatic rings. The van der Waals surface area contributed by atoms with Crippen molar-refractivity contribution < 1.29 is 0 Å². The van der Waals surface area contributed by atoms with Gasteiger partial charge in [-0.2, -0.15) is 0 Å². The number of nitrogens with one attached hydrogen (secondary N) is 3. The Balaban J connectivity index is 1.35. The summed E-state index contributed by atoms with van der Waals surface area (Å²) in [6.07, 6.45) is 0. The van der Waals surface area contributed by atoms with Gasteiger partial charge in [-0.05, 0) is 81.9 Å². The Bertz CT molecular complexity index is 1730. The molecular formula is C39H34N4. The summed E-state index contributed by atoms with van der Waals surface area (Å²) in [7, 11) is 0. The first-order chi connectivity index (χ1) is 21.2. The molecule has 4 heteroatoms. The van der Waals surface area contributed by atoms with E-state index in [4.69, 9.17) is 5.73 Å². The highest BCUT2D eigenvalue weighted by Gasteiger charge is 2.19. The highest BCUT2D eigenvalue weighted by molar-refractivity contribution is 5.58. The van der Waals surface area contributed by atoms with Crippen molar-refractivity contribution >= 4 is 22.7 Å². The average Bonchev–Trinajstić information content (AvgIpc) is 3.07. The quantitative estimate of drug-likeness (QED) is 0.164. The minimum Gasteiger partial charge on any atom is -0.399 e. The Morgan fingerprint density at radius 2 is 0.558 bits per heavy atom. The predicted molar refractivity (Wildman–Crippen MR) is 179 cm³/mol. The van der Waals surface area contributed by atoms with E-state index in [2.05, 4.69) is 162 Å². The molecule has 5 N–H and O–H groups in total. The summed E-state index contributed by atoms with van der Waals surface area (Å²) in [4.78, 5) is 0. The van der Waals surface area contributed by atoms with E-state index in [0.29, 0.717) is 0 Å². The topological polar surface area (TPSA) is 62.1 Å². The Morgan fingerprint density at radius 1 is 0.302 bits per heavy atom. The monoisotopic (exact) mass is 558 g/mol. The van der Waals surface area contributed by atoms with Gasteiger partial charge in [0.25, 0.3) is 0 Å². The lowest BCUT2D eigenvalue weighted by Crippen LogP contribution is -2.16. The summed E-state index contributed by atoms with van der Waals surface area (Å²) in [5.41, 5.74) is 17.1. The molecule has 0 saturated heterocycles. The Hall–Kier alpha value is -5.48. The van der Waals surface area contributed by atoms with Crippen LogP contribution in [0.2, 0.25) is 0 Å². The van der Waals surface area contributed by atoms with Gasteiger partial charge in [0.1, 0.15) is 0 Å². The molecule has 0 saturated carbocycles. The van der Waals surface area contributed by atoms with Gasteiger partial charge in [-0.25, -0.2) is 0 Å². The van der Waals surface area contributed by atoms with Crippen LogP contribution in [0.5, 0.6) is 0 Å². The summed E-state index contributed by atoms with van der Waals surface area (Å²) < 4.78 is 0. The van der Waals surface area contributed by atoms with E-state index in [0.717, 1.165) is 28.3 Å². The predicted octanol–water partition coefficient (Wildman–Crippen LogP) is 9.19. The van der Waals surface area contributed by atoms with Crippen molar-refractivity contribution in [1.82, 2.24) is 0 Å². The third-order valence-electron chi connectivity index (χ3n) is 8.20. The molecule has 3 atom stereocenters. The number of hydrogen-bond donors (Lipinski definition) is 4. The zero-order valence-electron chi connectivity index (χ0n) is 23.8. The first kappa shape index (κ1) is 26.4. The molecule has 10 rings (SSSR count).